The molecule has 1 aliphatic rings. The molecular formula is C23H17Cl2N3O3. The summed E-state index contributed by atoms with van der Waals surface area (Å²) in [5.74, 6) is 0.812. The van der Waals surface area contributed by atoms with Gasteiger partial charge in [0.25, 0.3) is 5.91 Å². The summed E-state index contributed by atoms with van der Waals surface area (Å²) in [6, 6.07) is 14.5. The van der Waals surface area contributed by atoms with Gasteiger partial charge in [0, 0.05) is 23.1 Å². The van der Waals surface area contributed by atoms with Crippen molar-refractivity contribution in [1.82, 2.24) is 4.57 Å². The summed E-state index contributed by atoms with van der Waals surface area (Å²) >= 11 is 12.1. The summed E-state index contributed by atoms with van der Waals surface area (Å²) in [6.45, 7) is 4.07. The van der Waals surface area contributed by atoms with Crippen molar-refractivity contribution in [3.8, 4) is 23.3 Å². The highest BCUT2D eigenvalue weighted by Gasteiger charge is 2.18. The molecule has 0 bridgehead atoms. The van der Waals surface area contributed by atoms with Gasteiger partial charge in [-0.25, -0.2) is 0 Å². The van der Waals surface area contributed by atoms with Crippen LogP contribution in [0.25, 0.3) is 11.8 Å². The minimum Gasteiger partial charge on any atom is -0.454 e. The smallest absolute Gasteiger partial charge is 0.266 e. The van der Waals surface area contributed by atoms with E-state index in [0.29, 0.717) is 22.2 Å². The van der Waals surface area contributed by atoms with E-state index < -0.39 is 5.91 Å². The van der Waals surface area contributed by atoms with Crippen LogP contribution in [0.3, 0.4) is 0 Å². The number of carbonyl (C=O) groups excluding carboxylic acids is 1. The number of hydrogen-bond acceptors (Lipinski definition) is 4. The molecule has 31 heavy (non-hydrogen) atoms. The van der Waals surface area contributed by atoms with E-state index in [1.54, 1.807) is 24.3 Å². The standard InChI is InChI=1S/C23H17Cl2N3O3/c1-13-8-15(14(2)28(13)17-6-7-20-21(10-17)31-12-30-20)9-16(11-26)23(29)27-19-5-3-4-18(24)22(19)25/h3-10H,12H2,1-2H3,(H,27,29)/b16-9+. The average Bonchev–Trinajstić information content (AvgIpc) is 3.32. The number of aryl methyl sites for hydroxylation is 1. The van der Waals surface area contributed by atoms with E-state index in [4.69, 9.17) is 32.7 Å². The van der Waals surface area contributed by atoms with Gasteiger partial charge >= 0.3 is 0 Å². The van der Waals surface area contributed by atoms with Crippen LogP contribution in [0.2, 0.25) is 10.0 Å². The van der Waals surface area contributed by atoms with E-state index >= 15 is 0 Å². The molecular weight excluding hydrogens is 437 g/mol. The lowest BCUT2D eigenvalue weighted by atomic mass is 10.1. The summed E-state index contributed by atoms with van der Waals surface area (Å²) in [6.07, 6.45) is 1.56. The maximum absolute atomic E-state index is 12.7. The average molecular weight is 454 g/mol. The second-order valence-electron chi connectivity index (χ2n) is 6.92. The highest BCUT2D eigenvalue weighted by molar-refractivity contribution is 6.44. The summed E-state index contributed by atoms with van der Waals surface area (Å²) in [5.41, 5.74) is 3.75. The number of rotatable bonds is 4. The lowest BCUT2D eigenvalue weighted by molar-refractivity contribution is -0.112. The molecule has 0 radical (unpaired) electrons. The minimum atomic E-state index is -0.570. The van der Waals surface area contributed by atoms with Crippen molar-refractivity contribution < 1.29 is 14.3 Å². The third kappa shape index (κ3) is 3.98. The minimum absolute atomic E-state index is 0.0537. The van der Waals surface area contributed by atoms with E-state index in [2.05, 4.69) is 5.32 Å². The Morgan fingerprint density at radius 2 is 1.94 bits per heavy atom. The molecule has 1 aromatic heterocycles. The third-order valence-electron chi connectivity index (χ3n) is 4.95. The van der Waals surface area contributed by atoms with Crippen LogP contribution in [-0.4, -0.2) is 17.3 Å². The molecule has 6 nitrogen and oxygen atoms in total. The molecule has 1 N–H and O–H groups in total. The SMILES string of the molecule is Cc1cc(/C=C(\C#N)C(=O)Nc2cccc(Cl)c2Cl)c(C)n1-c1ccc2c(c1)OCO2. The summed E-state index contributed by atoms with van der Waals surface area (Å²) in [4.78, 5) is 12.7. The van der Waals surface area contributed by atoms with Crippen LogP contribution in [0.1, 0.15) is 17.0 Å². The quantitative estimate of drug-likeness (QED) is 0.407. The number of benzene rings is 2. The van der Waals surface area contributed by atoms with Crippen LogP contribution < -0.4 is 14.8 Å². The van der Waals surface area contributed by atoms with Crippen molar-refractivity contribution >= 4 is 40.9 Å². The Labute approximate surface area is 189 Å². The second kappa shape index (κ2) is 8.38. The van der Waals surface area contributed by atoms with Crippen LogP contribution in [0.5, 0.6) is 11.5 Å². The number of anilines is 1. The summed E-state index contributed by atoms with van der Waals surface area (Å²) in [7, 11) is 0. The molecule has 2 heterocycles. The van der Waals surface area contributed by atoms with Gasteiger partial charge in [0.1, 0.15) is 11.6 Å². The molecule has 0 fully saturated rings. The number of fused-ring (bicyclic) bond motifs is 1. The Bertz CT molecular complexity index is 1270. The molecule has 4 rings (SSSR count). The second-order valence-corrected chi connectivity index (χ2v) is 7.71. The maximum Gasteiger partial charge on any atom is 0.266 e. The lowest BCUT2D eigenvalue weighted by Gasteiger charge is -2.10. The van der Waals surface area contributed by atoms with Crippen molar-refractivity contribution in [2.24, 2.45) is 0 Å². The van der Waals surface area contributed by atoms with Crippen molar-refractivity contribution in [1.29, 1.82) is 5.26 Å². The molecule has 0 atom stereocenters. The first-order valence-electron chi connectivity index (χ1n) is 9.35. The van der Waals surface area contributed by atoms with Gasteiger partial charge in [-0.1, -0.05) is 29.3 Å². The van der Waals surface area contributed by atoms with Gasteiger partial charge in [0.2, 0.25) is 6.79 Å². The number of carbonyl (C=O) groups is 1. The highest BCUT2D eigenvalue weighted by Crippen LogP contribution is 2.35. The first kappa shape index (κ1) is 20.9. The number of hydrogen-bond donors (Lipinski definition) is 1. The topological polar surface area (TPSA) is 76.3 Å². The molecule has 0 aliphatic carbocycles. The Morgan fingerprint density at radius 3 is 2.71 bits per heavy atom. The van der Waals surface area contributed by atoms with Gasteiger partial charge < -0.3 is 19.4 Å². The summed E-state index contributed by atoms with van der Waals surface area (Å²) < 4.78 is 12.9. The van der Waals surface area contributed by atoms with Crippen molar-refractivity contribution in [2.75, 3.05) is 12.1 Å². The summed E-state index contributed by atoms with van der Waals surface area (Å²) in [5, 5.41) is 12.7. The van der Waals surface area contributed by atoms with Crippen LogP contribution in [0.15, 0.2) is 48.0 Å². The largest absolute Gasteiger partial charge is 0.454 e. The fourth-order valence-electron chi connectivity index (χ4n) is 3.45. The predicted molar refractivity (Wildman–Crippen MR) is 120 cm³/mol. The molecule has 0 saturated heterocycles. The van der Waals surface area contributed by atoms with E-state index in [0.717, 1.165) is 22.6 Å². The van der Waals surface area contributed by atoms with E-state index in [-0.39, 0.29) is 17.4 Å². The fraction of sp³-hybridized carbons (Fsp3) is 0.130. The number of nitriles is 1. The van der Waals surface area contributed by atoms with Gasteiger partial charge in [-0.15, -0.1) is 0 Å². The van der Waals surface area contributed by atoms with Crippen LogP contribution in [0.4, 0.5) is 5.69 Å². The lowest BCUT2D eigenvalue weighted by Crippen LogP contribution is -2.13. The number of nitrogens with zero attached hydrogens (tertiary/aromatic N) is 2. The van der Waals surface area contributed by atoms with E-state index in [1.807, 2.05) is 48.7 Å². The Hall–Kier alpha value is -3.40. The van der Waals surface area contributed by atoms with Crippen molar-refractivity contribution in [2.45, 2.75) is 13.8 Å². The molecule has 156 valence electrons. The van der Waals surface area contributed by atoms with E-state index in [1.165, 1.54) is 0 Å². The van der Waals surface area contributed by atoms with E-state index in [9.17, 15) is 10.1 Å². The molecule has 1 aliphatic heterocycles. The van der Waals surface area contributed by atoms with Crippen molar-refractivity contribution in [3.63, 3.8) is 0 Å². The number of aromatic nitrogens is 1. The molecule has 2 aromatic carbocycles. The van der Waals surface area contributed by atoms with Crippen LogP contribution >= 0.6 is 23.2 Å². The van der Waals surface area contributed by atoms with Gasteiger partial charge in [-0.05, 0) is 55.8 Å². The zero-order valence-corrected chi connectivity index (χ0v) is 18.2. The fourth-order valence-corrected chi connectivity index (χ4v) is 3.80. The first-order chi connectivity index (χ1) is 14.9. The Kier molecular flexibility index (Phi) is 5.64. The third-order valence-corrected chi connectivity index (χ3v) is 5.77. The number of ether oxygens (including phenoxy) is 2. The van der Waals surface area contributed by atoms with Crippen LogP contribution in [0, 0.1) is 25.2 Å². The van der Waals surface area contributed by atoms with Gasteiger partial charge in [0.15, 0.2) is 11.5 Å². The van der Waals surface area contributed by atoms with Crippen LogP contribution in [-0.2, 0) is 4.79 Å². The highest BCUT2D eigenvalue weighted by atomic mass is 35.5. The normalized spacial score (nSPS) is 12.5. The molecule has 0 saturated carbocycles. The zero-order valence-electron chi connectivity index (χ0n) is 16.7. The molecule has 8 heteroatoms. The number of nitrogens with one attached hydrogen (secondary N) is 1. The van der Waals surface area contributed by atoms with Crippen molar-refractivity contribution in [3.05, 3.63) is 75.0 Å². The predicted octanol–water partition coefficient (Wildman–Crippen LogP) is 5.68. The molecule has 1 amide bonds. The number of amides is 1. The molecule has 3 aromatic rings. The molecule has 0 spiro atoms. The maximum atomic E-state index is 12.7. The Balaban J connectivity index is 1.66. The number of halogens is 2. The van der Waals surface area contributed by atoms with Gasteiger partial charge in [-0.3, -0.25) is 4.79 Å². The zero-order chi connectivity index (χ0) is 22.1. The molecule has 0 unspecified atom stereocenters. The monoisotopic (exact) mass is 453 g/mol. The van der Waals surface area contributed by atoms with Gasteiger partial charge in [-0.2, -0.15) is 5.26 Å². The Morgan fingerprint density at radius 1 is 1.16 bits per heavy atom. The van der Waals surface area contributed by atoms with Gasteiger partial charge in [0.05, 0.1) is 15.7 Å². The first-order valence-corrected chi connectivity index (χ1v) is 10.1.